The van der Waals surface area contributed by atoms with Gasteiger partial charge >= 0.3 is 17.7 Å². The fraction of sp³-hybridized carbons (Fsp3) is 0.273. The predicted octanol–water partition coefficient (Wildman–Crippen LogP) is 1.13. The average molecular weight is 270 g/mol. The number of carboxylic acid groups (broad SMARTS) is 1. The summed E-state index contributed by atoms with van der Waals surface area (Å²) in [5.41, 5.74) is 1.02. The Hall–Kier alpha value is -2.02. The molecule has 1 N–H and O–H groups in total. The number of thiophene rings is 1. The highest BCUT2D eigenvalue weighted by Crippen LogP contribution is 2.22. The van der Waals surface area contributed by atoms with Crippen molar-refractivity contribution >= 4 is 23.3 Å². The van der Waals surface area contributed by atoms with Gasteiger partial charge in [-0.15, -0.1) is 0 Å². The van der Waals surface area contributed by atoms with E-state index >= 15 is 0 Å². The lowest BCUT2D eigenvalue weighted by molar-refractivity contribution is -0.213. The van der Waals surface area contributed by atoms with Crippen molar-refractivity contribution < 1.29 is 28.9 Å². The number of hydrogen-bond acceptors (Lipinski definition) is 6. The summed E-state index contributed by atoms with van der Waals surface area (Å²) in [6.45, 7) is 0.0668. The molecule has 0 bridgehead atoms. The van der Waals surface area contributed by atoms with E-state index in [1.807, 2.05) is 16.8 Å². The zero-order valence-electron chi connectivity index (χ0n) is 9.20. The Balaban J connectivity index is 1.89. The summed E-state index contributed by atoms with van der Waals surface area (Å²) in [6, 6.07) is 1.90. The first-order chi connectivity index (χ1) is 8.65. The van der Waals surface area contributed by atoms with Crippen LogP contribution in [0.5, 0.6) is 0 Å². The number of rotatable bonds is 5. The van der Waals surface area contributed by atoms with Gasteiger partial charge in [0.1, 0.15) is 12.5 Å². The fourth-order valence-corrected chi connectivity index (χ4v) is 2.05. The Kier molecular flexibility index (Phi) is 3.52. The average Bonchev–Trinajstić information content (AvgIpc) is 3.00. The van der Waals surface area contributed by atoms with Crippen LogP contribution >= 0.6 is 11.3 Å². The third-order valence-electron chi connectivity index (χ3n) is 2.28. The lowest BCUT2D eigenvalue weighted by Crippen LogP contribution is -2.49. The standard InChI is InChI=1S/C11H10O6S/c12-9(13)11(16-4-5-17-11)10(14)15-3-1-8-2-6-18-7-8/h2,4-7H,1,3H2,(H,12,13). The molecule has 0 aromatic carbocycles. The molecule has 0 fully saturated rings. The number of ether oxygens (including phenoxy) is 3. The Morgan fingerprint density at radius 3 is 2.67 bits per heavy atom. The molecule has 1 aromatic heterocycles. The Labute approximate surface area is 106 Å². The summed E-state index contributed by atoms with van der Waals surface area (Å²) in [6.07, 6.45) is 2.50. The van der Waals surface area contributed by atoms with E-state index in [2.05, 4.69) is 9.47 Å². The molecule has 18 heavy (non-hydrogen) atoms. The quantitative estimate of drug-likeness (QED) is 0.638. The SMILES string of the molecule is O=C(O)C1(C(=O)OCCc2ccsc2)OC=CO1. The normalized spacial score (nSPS) is 15.8. The molecule has 6 nitrogen and oxygen atoms in total. The van der Waals surface area contributed by atoms with E-state index in [-0.39, 0.29) is 6.61 Å². The molecule has 1 aromatic rings. The highest BCUT2D eigenvalue weighted by molar-refractivity contribution is 7.07. The molecule has 0 saturated heterocycles. The maximum Gasteiger partial charge on any atom is 0.452 e. The molecule has 7 heteroatoms. The van der Waals surface area contributed by atoms with Gasteiger partial charge in [0.25, 0.3) is 0 Å². The lowest BCUT2D eigenvalue weighted by Gasteiger charge is -2.20. The predicted molar refractivity (Wildman–Crippen MR) is 60.7 cm³/mol. The number of carbonyl (C=O) groups is 2. The van der Waals surface area contributed by atoms with Crippen molar-refractivity contribution in [2.24, 2.45) is 0 Å². The van der Waals surface area contributed by atoms with Crippen LogP contribution in [0.2, 0.25) is 0 Å². The van der Waals surface area contributed by atoms with E-state index in [1.165, 1.54) is 11.3 Å². The summed E-state index contributed by atoms with van der Waals surface area (Å²) >= 11 is 1.53. The molecule has 0 unspecified atom stereocenters. The molecule has 0 atom stereocenters. The molecule has 96 valence electrons. The topological polar surface area (TPSA) is 82.1 Å². The minimum Gasteiger partial charge on any atom is -0.475 e. The third-order valence-corrected chi connectivity index (χ3v) is 3.01. The van der Waals surface area contributed by atoms with Crippen molar-refractivity contribution in [1.29, 1.82) is 0 Å². The first-order valence-corrected chi connectivity index (χ1v) is 6.02. The number of aliphatic carboxylic acids is 1. The van der Waals surface area contributed by atoms with Gasteiger partial charge in [0, 0.05) is 6.42 Å². The first kappa shape index (κ1) is 12.4. The fourth-order valence-electron chi connectivity index (χ4n) is 1.35. The van der Waals surface area contributed by atoms with Gasteiger partial charge in [0.15, 0.2) is 0 Å². The Morgan fingerprint density at radius 2 is 2.11 bits per heavy atom. The van der Waals surface area contributed by atoms with E-state index in [1.54, 1.807) is 0 Å². The van der Waals surface area contributed by atoms with Crippen molar-refractivity contribution in [2.75, 3.05) is 6.61 Å². The van der Waals surface area contributed by atoms with Crippen LogP contribution in [0.3, 0.4) is 0 Å². The van der Waals surface area contributed by atoms with E-state index in [0.717, 1.165) is 18.1 Å². The first-order valence-electron chi connectivity index (χ1n) is 5.07. The van der Waals surface area contributed by atoms with Crippen LogP contribution in [-0.4, -0.2) is 29.4 Å². The van der Waals surface area contributed by atoms with Crippen LogP contribution < -0.4 is 0 Å². The number of carbonyl (C=O) groups excluding carboxylic acids is 1. The Bertz CT molecular complexity index is 456. The second-order valence-electron chi connectivity index (χ2n) is 3.45. The number of carboxylic acids is 1. The van der Waals surface area contributed by atoms with Crippen LogP contribution in [0.4, 0.5) is 0 Å². The van der Waals surface area contributed by atoms with Gasteiger partial charge in [-0.2, -0.15) is 11.3 Å². The molecule has 1 aliphatic heterocycles. The monoisotopic (exact) mass is 270 g/mol. The van der Waals surface area contributed by atoms with E-state index in [4.69, 9.17) is 9.84 Å². The van der Waals surface area contributed by atoms with Crippen molar-refractivity contribution in [1.82, 2.24) is 0 Å². The zero-order valence-corrected chi connectivity index (χ0v) is 10.0. The summed E-state index contributed by atoms with van der Waals surface area (Å²) in [5.74, 6) is -5.02. The van der Waals surface area contributed by atoms with E-state index < -0.39 is 17.7 Å². The molecular formula is C11H10O6S. The minimum atomic E-state index is -2.39. The largest absolute Gasteiger partial charge is 0.475 e. The van der Waals surface area contributed by atoms with Crippen LogP contribution in [0.25, 0.3) is 0 Å². The maximum atomic E-state index is 11.6. The zero-order chi connectivity index (χ0) is 13.0. The molecule has 1 aliphatic rings. The van der Waals surface area contributed by atoms with Gasteiger partial charge in [-0.1, -0.05) is 0 Å². The molecule has 0 radical (unpaired) electrons. The van der Waals surface area contributed by atoms with Gasteiger partial charge < -0.3 is 19.3 Å². The molecule has 0 spiro atoms. The molecule has 2 rings (SSSR count). The highest BCUT2D eigenvalue weighted by atomic mass is 32.1. The molecule has 2 heterocycles. The van der Waals surface area contributed by atoms with Gasteiger partial charge in [0.2, 0.25) is 0 Å². The van der Waals surface area contributed by atoms with Crippen LogP contribution in [0, 0.1) is 0 Å². The van der Waals surface area contributed by atoms with Gasteiger partial charge in [-0.05, 0) is 22.4 Å². The summed E-state index contributed by atoms with van der Waals surface area (Å²) in [5, 5.41) is 12.8. The van der Waals surface area contributed by atoms with Crippen LogP contribution in [-0.2, 0) is 30.2 Å². The molecule has 0 aliphatic carbocycles. The minimum absolute atomic E-state index is 0.0668. The molecule has 0 saturated carbocycles. The smallest absolute Gasteiger partial charge is 0.452 e. The van der Waals surface area contributed by atoms with Crippen LogP contribution in [0.15, 0.2) is 29.4 Å². The highest BCUT2D eigenvalue weighted by Gasteiger charge is 2.55. The maximum absolute atomic E-state index is 11.6. The van der Waals surface area contributed by atoms with Crippen LogP contribution in [0.1, 0.15) is 5.56 Å². The lowest BCUT2D eigenvalue weighted by atomic mass is 10.2. The second-order valence-corrected chi connectivity index (χ2v) is 4.23. The summed E-state index contributed by atoms with van der Waals surface area (Å²) < 4.78 is 14.2. The second kappa shape index (κ2) is 5.09. The van der Waals surface area contributed by atoms with Crippen molar-refractivity contribution in [2.45, 2.75) is 12.2 Å². The Morgan fingerprint density at radius 1 is 1.39 bits per heavy atom. The van der Waals surface area contributed by atoms with Gasteiger partial charge in [-0.25, -0.2) is 9.59 Å². The van der Waals surface area contributed by atoms with Crippen molar-refractivity contribution in [3.05, 3.63) is 34.9 Å². The van der Waals surface area contributed by atoms with Gasteiger partial charge in [-0.3, -0.25) is 0 Å². The molecule has 0 amide bonds. The third kappa shape index (κ3) is 2.30. The van der Waals surface area contributed by atoms with Crippen molar-refractivity contribution in [3.8, 4) is 0 Å². The molecular weight excluding hydrogens is 260 g/mol. The summed E-state index contributed by atoms with van der Waals surface area (Å²) in [4.78, 5) is 22.6. The van der Waals surface area contributed by atoms with E-state index in [0.29, 0.717) is 6.42 Å². The van der Waals surface area contributed by atoms with Crippen molar-refractivity contribution in [3.63, 3.8) is 0 Å². The number of hydrogen-bond donors (Lipinski definition) is 1. The van der Waals surface area contributed by atoms with Gasteiger partial charge in [0.05, 0.1) is 6.61 Å². The summed E-state index contributed by atoms with van der Waals surface area (Å²) in [7, 11) is 0. The number of esters is 1. The van der Waals surface area contributed by atoms with E-state index in [9.17, 15) is 9.59 Å².